The average molecular weight is 500 g/mol. The van der Waals surface area contributed by atoms with Crippen LogP contribution in [0.25, 0.3) is 0 Å². The second kappa shape index (κ2) is 11.8. The van der Waals surface area contributed by atoms with E-state index in [-0.39, 0.29) is 30.1 Å². The van der Waals surface area contributed by atoms with Crippen molar-refractivity contribution in [2.75, 3.05) is 26.3 Å². The minimum atomic E-state index is 0. The third-order valence-corrected chi connectivity index (χ3v) is 4.49. The Morgan fingerprint density at radius 1 is 1.29 bits per heavy atom. The Morgan fingerprint density at radius 2 is 2.11 bits per heavy atom. The number of nitrogens with one attached hydrogen (secondary N) is 2. The minimum absolute atomic E-state index is 0. The summed E-state index contributed by atoms with van der Waals surface area (Å²) < 4.78 is 13.3. The molecule has 1 saturated heterocycles. The number of hydrogen-bond donors (Lipinski definition) is 2. The smallest absolute Gasteiger partial charge is 0.191 e. The van der Waals surface area contributed by atoms with Crippen molar-refractivity contribution >= 4 is 29.9 Å². The molecule has 2 aromatic rings. The summed E-state index contributed by atoms with van der Waals surface area (Å²) in [6.07, 6.45) is 2.45. The predicted octanol–water partition coefficient (Wildman–Crippen LogP) is 2.03. The molecule has 9 heteroatoms. The molecule has 154 valence electrons. The van der Waals surface area contributed by atoms with Crippen LogP contribution >= 0.6 is 24.0 Å². The molecule has 3 rings (SSSR count). The molecule has 0 aliphatic carbocycles. The van der Waals surface area contributed by atoms with Crippen molar-refractivity contribution in [3.05, 3.63) is 42.0 Å². The van der Waals surface area contributed by atoms with Crippen molar-refractivity contribution in [2.24, 2.45) is 12.0 Å². The van der Waals surface area contributed by atoms with Crippen LogP contribution < -0.4 is 15.4 Å². The highest BCUT2D eigenvalue weighted by atomic mass is 127. The highest BCUT2D eigenvalue weighted by molar-refractivity contribution is 14.0. The lowest BCUT2D eigenvalue weighted by atomic mass is 10.2. The molecular formula is C19H29IN6O2. The molecule has 1 aromatic heterocycles. The van der Waals surface area contributed by atoms with Gasteiger partial charge in [-0.2, -0.15) is 0 Å². The fourth-order valence-corrected chi connectivity index (χ4v) is 2.78. The van der Waals surface area contributed by atoms with E-state index in [4.69, 9.17) is 9.47 Å². The number of nitrogens with zero attached hydrogens (tertiary/aromatic N) is 4. The number of ether oxygens (including phenoxy) is 2. The molecule has 1 aromatic carbocycles. The molecule has 0 bridgehead atoms. The summed E-state index contributed by atoms with van der Waals surface area (Å²) in [5, 5.41) is 14.9. The largest absolute Gasteiger partial charge is 0.492 e. The van der Waals surface area contributed by atoms with Gasteiger partial charge in [-0.15, -0.1) is 34.2 Å². The molecule has 0 spiro atoms. The molecule has 1 atom stereocenters. The number of aryl methyl sites for hydroxylation is 1. The van der Waals surface area contributed by atoms with Crippen LogP contribution in [0.2, 0.25) is 0 Å². The van der Waals surface area contributed by atoms with Crippen LogP contribution in [-0.4, -0.2) is 53.1 Å². The molecule has 28 heavy (non-hydrogen) atoms. The summed E-state index contributed by atoms with van der Waals surface area (Å²) in [7, 11) is 1.95. The molecule has 1 fully saturated rings. The van der Waals surface area contributed by atoms with E-state index in [0.29, 0.717) is 19.7 Å². The highest BCUT2D eigenvalue weighted by Gasteiger charge is 2.15. The molecule has 8 nitrogen and oxygen atoms in total. The highest BCUT2D eigenvalue weighted by Crippen LogP contribution is 2.10. The summed E-state index contributed by atoms with van der Waals surface area (Å²) >= 11 is 0. The first-order chi connectivity index (χ1) is 13.2. The lowest BCUT2D eigenvalue weighted by Gasteiger charge is -2.16. The Bertz CT molecular complexity index is 731. The first kappa shape index (κ1) is 22.4. The Labute approximate surface area is 183 Å². The Balaban J connectivity index is 0.00000280. The maximum Gasteiger partial charge on any atom is 0.191 e. The summed E-state index contributed by atoms with van der Waals surface area (Å²) in [6, 6.07) is 9.78. The van der Waals surface area contributed by atoms with Gasteiger partial charge in [-0.1, -0.05) is 18.2 Å². The number of para-hydroxylation sites is 1. The second-order valence-electron chi connectivity index (χ2n) is 6.49. The van der Waals surface area contributed by atoms with Crippen molar-refractivity contribution in [1.29, 1.82) is 0 Å². The quantitative estimate of drug-likeness (QED) is 0.250. The Kier molecular flexibility index (Phi) is 9.48. The molecule has 1 unspecified atom stereocenters. The molecule has 2 N–H and O–H groups in total. The van der Waals surface area contributed by atoms with Gasteiger partial charge in [-0.25, -0.2) is 4.99 Å². The standard InChI is InChI=1S/C19H28N6O2.HI/c1-15-23-24-18(25(15)2)14-22-19(21-13-17-9-6-11-26-17)20-10-12-27-16-7-4-3-5-8-16;/h3-5,7-8,17H,6,9-14H2,1-2H3,(H2,20,21,22);1H. The fourth-order valence-electron chi connectivity index (χ4n) is 2.78. The van der Waals surface area contributed by atoms with Gasteiger partial charge in [0.1, 0.15) is 24.7 Å². The van der Waals surface area contributed by atoms with Crippen LogP contribution in [0.15, 0.2) is 35.3 Å². The van der Waals surface area contributed by atoms with Crippen LogP contribution in [0.4, 0.5) is 0 Å². The summed E-state index contributed by atoms with van der Waals surface area (Å²) in [5.74, 6) is 3.28. The molecule has 0 saturated carbocycles. The molecule has 1 aliphatic heterocycles. The molecule has 2 heterocycles. The number of rotatable bonds is 8. The summed E-state index contributed by atoms with van der Waals surface area (Å²) in [4.78, 5) is 4.63. The van der Waals surface area contributed by atoms with Crippen molar-refractivity contribution < 1.29 is 9.47 Å². The van der Waals surface area contributed by atoms with Crippen LogP contribution in [-0.2, 0) is 18.3 Å². The van der Waals surface area contributed by atoms with E-state index in [2.05, 4.69) is 25.8 Å². The zero-order chi connectivity index (χ0) is 18.9. The van der Waals surface area contributed by atoms with Crippen molar-refractivity contribution in [1.82, 2.24) is 25.4 Å². The van der Waals surface area contributed by atoms with Gasteiger partial charge in [0.25, 0.3) is 0 Å². The monoisotopic (exact) mass is 500 g/mol. The number of guanidine groups is 1. The Hall–Kier alpha value is -1.88. The number of hydrogen-bond acceptors (Lipinski definition) is 5. The van der Waals surface area contributed by atoms with E-state index in [1.54, 1.807) is 0 Å². The van der Waals surface area contributed by atoms with E-state index in [9.17, 15) is 0 Å². The van der Waals surface area contributed by atoms with Gasteiger partial charge in [0.15, 0.2) is 11.8 Å². The van der Waals surface area contributed by atoms with Gasteiger partial charge in [0, 0.05) is 20.2 Å². The number of benzene rings is 1. The van der Waals surface area contributed by atoms with Gasteiger partial charge < -0.3 is 24.7 Å². The topological polar surface area (TPSA) is 85.6 Å². The SMILES string of the molecule is Cc1nnc(CN=C(NCCOc2ccccc2)NCC2CCCO2)n1C.I. The van der Waals surface area contributed by atoms with Crippen LogP contribution in [0.1, 0.15) is 24.5 Å². The van der Waals surface area contributed by atoms with E-state index < -0.39 is 0 Å². The van der Waals surface area contributed by atoms with Crippen LogP contribution in [0.5, 0.6) is 5.75 Å². The average Bonchev–Trinajstić information content (AvgIpc) is 3.32. The fraction of sp³-hybridized carbons (Fsp3) is 0.526. The zero-order valence-corrected chi connectivity index (χ0v) is 18.8. The third kappa shape index (κ3) is 6.93. The zero-order valence-electron chi connectivity index (χ0n) is 16.4. The van der Waals surface area contributed by atoms with Crippen LogP contribution in [0, 0.1) is 6.92 Å². The summed E-state index contributed by atoms with van der Waals surface area (Å²) in [6.45, 7) is 5.16. The van der Waals surface area contributed by atoms with E-state index >= 15 is 0 Å². The molecule has 1 aliphatic rings. The second-order valence-corrected chi connectivity index (χ2v) is 6.49. The molecule has 0 radical (unpaired) electrons. The van der Waals surface area contributed by atoms with Crippen molar-refractivity contribution in [2.45, 2.75) is 32.4 Å². The van der Waals surface area contributed by atoms with Gasteiger partial charge >= 0.3 is 0 Å². The predicted molar refractivity (Wildman–Crippen MR) is 119 cm³/mol. The lowest BCUT2D eigenvalue weighted by molar-refractivity contribution is 0.113. The number of aliphatic imine (C=N–C) groups is 1. The molecular weight excluding hydrogens is 471 g/mol. The first-order valence-corrected chi connectivity index (χ1v) is 9.39. The number of halogens is 1. The normalized spacial score (nSPS) is 16.5. The number of aromatic nitrogens is 3. The van der Waals surface area contributed by atoms with Crippen molar-refractivity contribution in [3.8, 4) is 5.75 Å². The van der Waals surface area contributed by atoms with E-state index in [1.807, 2.05) is 48.9 Å². The Morgan fingerprint density at radius 3 is 2.79 bits per heavy atom. The molecule has 0 amide bonds. The maximum atomic E-state index is 5.72. The van der Waals surface area contributed by atoms with Crippen LogP contribution in [0.3, 0.4) is 0 Å². The summed E-state index contributed by atoms with van der Waals surface area (Å²) in [5.41, 5.74) is 0. The van der Waals surface area contributed by atoms with Gasteiger partial charge in [-0.3, -0.25) is 0 Å². The first-order valence-electron chi connectivity index (χ1n) is 9.39. The lowest BCUT2D eigenvalue weighted by Crippen LogP contribution is -2.42. The van der Waals surface area contributed by atoms with Gasteiger partial charge in [-0.05, 0) is 31.9 Å². The minimum Gasteiger partial charge on any atom is -0.492 e. The van der Waals surface area contributed by atoms with Gasteiger partial charge in [0.05, 0.1) is 12.6 Å². The van der Waals surface area contributed by atoms with Crippen molar-refractivity contribution in [3.63, 3.8) is 0 Å². The van der Waals surface area contributed by atoms with E-state index in [0.717, 1.165) is 49.4 Å². The van der Waals surface area contributed by atoms with Gasteiger partial charge in [0.2, 0.25) is 0 Å². The third-order valence-electron chi connectivity index (χ3n) is 4.49. The maximum absolute atomic E-state index is 5.72. The van der Waals surface area contributed by atoms with E-state index in [1.165, 1.54) is 0 Å².